The molecule has 4 heterocycles. The van der Waals surface area contributed by atoms with Gasteiger partial charge in [-0.1, -0.05) is 100 Å². The molecule has 0 amide bonds. The van der Waals surface area contributed by atoms with Gasteiger partial charge in [0.25, 0.3) is 0 Å². The van der Waals surface area contributed by atoms with Crippen LogP contribution in [-0.2, 0) is 38.1 Å². The van der Waals surface area contributed by atoms with Gasteiger partial charge in [0.1, 0.15) is 19.6 Å². The van der Waals surface area contributed by atoms with Gasteiger partial charge >= 0.3 is 23.9 Å². The fourth-order valence-electron chi connectivity index (χ4n) is 4.32. The highest BCUT2D eigenvalue weighted by atomic mass is 32.2. The molecule has 272 valence electrons. The molecule has 49 heavy (non-hydrogen) atoms. The van der Waals surface area contributed by atoms with Crippen molar-refractivity contribution in [3.05, 3.63) is 37.9 Å². The Kier molecular flexibility index (Phi) is 18.6. The van der Waals surface area contributed by atoms with Crippen molar-refractivity contribution < 1.29 is 38.1 Å². The van der Waals surface area contributed by atoms with Crippen LogP contribution in [0.25, 0.3) is 0 Å². The summed E-state index contributed by atoms with van der Waals surface area (Å²) in [4.78, 5) is 56.3. The van der Waals surface area contributed by atoms with Gasteiger partial charge in [-0.25, -0.2) is 19.2 Å². The van der Waals surface area contributed by atoms with E-state index < -0.39 is 23.9 Å². The van der Waals surface area contributed by atoms with Crippen molar-refractivity contribution in [2.24, 2.45) is 0 Å². The fraction of sp³-hybridized carbons (Fsp3) is 0.636. The first-order chi connectivity index (χ1) is 23.8. The summed E-state index contributed by atoms with van der Waals surface area (Å²) in [6.45, 7) is 9.32. The van der Waals surface area contributed by atoms with Crippen molar-refractivity contribution >= 4 is 118 Å². The van der Waals surface area contributed by atoms with Crippen molar-refractivity contribution in [3.8, 4) is 0 Å². The van der Waals surface area contributed by atoms with Crippen LogP contribution in [0.2, 0.25) is 0 Å². The molecule has 0 aliphatic carbocycles. The van der Waals surface area contributed by atoms with E-state index in [9.17, 15) is 19.2 Å². The molecule has 0 aromatic carbocycles. The first-order valence-corrected chi connectivity index (χ1v) is 23.9. The van der Waals surface area contributed by atoms with E-state index >= 15 is 0 Å². The van der Waals surface area contributed by atoms with Crippen LogP contribution in [0.3, 0.4) is 0 Å². The first-order valence-electron chi connectivity index (χ1n) is 16.7. The van der Waals surface area contributed by atoms with Gasteiger partial charge in [-0.3, -0.25) is 0 Å². The SMILES string of the molecule is CCCCOC(=O)C1=C(C(=O)OCCCC)SC(CC2=C(C3SC(C(=O)OCCCC)=C(C(=O)OCCCC)S3)SC(=C3SCCS3)S2)S1. The maximum atomic E-state index is 13.3. The molecule has 8 nitrogen and oxygen atoms in total. The second-order valence-corrected chi connectivity index (χ2v) is 21.1. The van der Waals surface area contributed by atoms with Gasteiger partial charge in [-0.2, -0.15) is 0 Å². The first kappa shape index (κ1) is 41.4. The van der Waals surface area contributed by atoms with E-state index in [1.54, 1.807) is 23.5 Å². The Morgan fingerprint density at radius 1 is 0.551 bits per heavy atom. The Hall–Kier alpha value is -0.360. The Bertz CT molecular complexity index is 1280. The van der Waals surface area contributed by atoms with Crippen LogP contribution < -0.4 is 0 Å². The van der Waals surface area contributed by atoms with E-state index in [1.807, 2.05) is 51.2 Å². The Morgan fingerprint density at radius 3 is 1.33 bits per heavy atom. The average molecular weight is 825 g/mol. The van der Waals surface area contributed by atoms with E-state index in [-0.39, 0.29) is 9.16 Å². The normalized spacial score (nSPS) is 18.7. The second kappa shape index (κ2) is 22.0. The maximum absolute atomic E-state index is 13.3. The molecule has 0 bridgehead atoms. The van der Waals surface area contributed by atoms with Crippen LogP contribution in [0.5, 0.6) is 0 Å². The highest BCUT2D eigenvalue weighted by Gasteiger charge is 2.43. The lowest BCUT2D eigenvalue weighted by atomic mass is 10.3. The molecule has 4 aliphatic rings. The second-order valence-electron chi connectivity index (χ2n) is 11.0. The molecule has 0 atom stereocenters. The smallest absolute Gasteiger partial charge is 0.346 e. The number of carbonyl (C=O) groups is 4. The number of hydrogen-bond donors (Lipinski definition) is 0. The summed E-state index contributed by atoms with van der Waals surface area (Å²) >= 11 is 12.6. The van der Waals surface area contributed by atoms with Crippen molar-refractivity contribution in [2.45, 2.75) is 94.6 Å². The van der Waals surface area contributed by atoms with E-state index in [1.165, 1.54) is 55.5 Å². The summed E-state index contributed by atoms with van der Waals surface area (Å²) < 4.78 is 24.3. The average Bonchev–Trinajstić information content (AvgIpc) is 3.91. The molecule has 16 heteroatoms. The molecule has 1 fully saturated rings. The Morgan fingerprint density at radius 2 is 0.939 bits per heavy atom. The third kappa shape index (κ3) is 12.1. The van der Waals surface area contributed by atoms with E-state index in [4.69, 9.17) is 18.9 Å². The van der Waals surface area contributed by atoms with Crippen LogP contribution in [0.15, 0.2) is 37.9 Å². The lowest BCUT2D eigenvalue weighted by Gasteiger charge is -2.14. The van der Waals surface area contributed by atoms with Crippen molar-refractivity contribution in [2.75, 3.05) is 37.9 Å². The number of unbranched alkanes of at least 4 members (excludes halogenated alkanes) is 4. The summed E-state index contributed by atoms with van der Waals surface area (Å²) in [5, 5.41) is 0. The molecule has 1 saturated heterocycles. The largest absolute Gasteiger partial charge is 0.462 e. The van der Waals surface area contributed by atoms with Gasteiger partial charge in [0, 0.05) is 27.7 Å². The molecule has 4 rings (SSSR count). The van der Waals surface area contributed by atoms with Crippen molar-refractivity contribution in [3.63, 3.8) is 0 Å². The van der Waals surface area contributed by atoms with Crippen molar-refractivity contribution in [1.82, 2.24) is 0 Å². The molecule has 0 N–H and O–H groups in total. The fourth-order valence-corrected chi connectivity index (χ4v) is 16.4. The standard InChI is InChI=1S/C33H44O8S8/c1-5-9-13-38-27(34)23-24(28(35)39-14-10-6-2)46-21(45-23)19-20-22(47-33(44-20)32-42-17-18-43-32)31-48-25(29(36)40-15-11-7-3)26(49-31)30(37)41-16-12-8-4/h21,31H,5-19H2,1-4H3. The molecule has 0 unspecified atom stereocenters. The Balaban J connectivity index is 1.58. The number of rotatable bonds is 19. The summed E-state index contributed by atoms with van der Waals surface area (Å²) in [5.74, 6) is 0.162. The molecule has 0 saturated carbocycles. The highest BCUT2D eigenvalue weighted by molar-refractivity contribution is 8.34. The minimum Gasteiger partial charge on any atom is -0.462 e. The molecular formula is C33H44O8S8. The van der Waals surface area contributed by atoms with Gasteiger partial charge in [-0.15, -0.1) is 47.0 Å². The monoisotopic (exact) mass is 824 g/mol. The molecule has 0 aromatic rings. The van der Waals surface area contributed by atoms with E-state index in [0.717, 1.165) is 72.7 Å². The number of hydrogen-bond acceptors (Lipinski definition) is 16. The van der Waals surface area contributed by atoms with E-state index in [2.05, 4.69) is 0 Å². The van der Waals surface area contributed by atoms with Gasteiger partial charge < -0.3 is 18.9 Å². The zero-order valence-corrected chi connectivity index (χ0v) is 34.8. The van der Waals surface area contributed by atoms with Crippen LogP contribution in [0.4, 0.5) is 0 Å². The number of esters is 4. The van der Waals surface area contributed by atoms with Gasteiger partial charge in [0.15, 0.2) is 0 Å². The van der Waals surface area contributed by atoms with Gasteiger partial charge in [-0.05, 0) is 25.7 Å². The lowest BCUT2D eigenvalue weighted by Crippen LogP contribution is -2.12. The lowest BCUT2D eigenvalue weighted by molar-refractivity contribution is -0.141. The maximum Gasteiger partial charge on any atom is 0.346 e. The third-order valence-corrected chi connectivity index (χ3v) is 18.9. The third-order valence-electron chi connectivity index (χ3n) is 7.00. The number of allylic oxidation sites excluding steroid dienone is 1. The van der Waals surface area contributed by atoms with Crippen LogP contribution >= 0.6 is 94.1 Å². The molecule has 0 aromatic heterocycles. The van der Waals surface area contributed by atoms with Crippen LogP contribution in [0, 0.1) is 0 Å². The minimum atomic E-state index is -0.488. The zero-order valence-electron chi connectivity index (χ0n) is 28.3. The van der Waals surface area contributed by atoms with E-state index in [0.29, 0.717) is 52.5 Å². The van der Waals surface area contributed by atoms with Crippen LogP contribution in [-0.4, -0.2) is 71.0 Å². The summed E-state index contributed by atoms with van der Waals surface area (Å²) in [6, 6.07) is 0. The summed E-state index contributed by atoms with van der Waals surface area (Å²) in [5.41, 5.74) is 0. The van der Waals surface area contributed by atoms with Gasteiger partial charge in [0.05, 0.1) is 44.1 Å². The van der Waals surface area contributed by atoms with Crippen molar-refractivity contribution in [1.29, 1.82) is 0 Å². The molecule has 4 aliphatic heterocycles. The molecule has 0 spiro atoms. The van der Waals surface area contributed by atoms with Crippen LogP contribution in [0.1, 0.15) is 85.5 Å². The van der Waals surface area contributed by atoms with Gasteiger partial charge in [0.2, 0.25) is 0 Å². The molecular weight excluding hydrogens is 781 g/mol. The zero-order chi connectivity index (χ0) is 35.2. The topological polar surface area (TPSA) is 105 Å². The quantitative estimate of drug-likeness (QED) is 0.0700. The summed E-state index contributed by atoms with van der Waals surface area (Å²) in [7, 11) is 0. The Labute approximate surface area is 324 Å². The molecule has 0 radical (unpaired) electrons. The predicted octanol–water partition coefficient (Wildman–Crippen LogP) is 10.1. The highest BCUT2D eigenvalue weighted by Crippen LogP contribution is 2.64. The number of thioether (sulfide) groups is 8. The summed E-state index contributed by atoms with van der Waals surface area (Å²) in [6.07, 6.45) is 7.15. The number of carbonyl (C=O) groups excluding carboxylic acids is 4. The minimum absolute atomic E-state index is 0.157. The predicted molar refractivity (Wildman–Crippen MR) is 214 cm³/mol. The number of ether oxygens (including phenoxy) is 4.